The Labute approximate surface area is 113 Å². The molecule has 88 valence electrons. The molecule has 0 amide bonds. The largest absolute Gasteiger partial charge is 0.488 e. The van der Waals surface area contributed by atoms with Crippen LogP contribution in [0.4, 0.5) is 0 Å². The van der Waals surface area contributed by atoms with Gasteiger partial charge in [-0.25, -0.2) is 0 Å². The van der Waals surface area contributed by atoms with Gasteiger partial charge in [-0.1, -0.05) is 39.1 Å². The zero-order valence-corrected chi connectivity index (χ0v) is 11.8. The molecule has 0 heterocycles. The van der Waals surface area contributed by atoms with Crippen molar-refractivity contribution < 1.29 is 4.74 Å². The van der Waals surface area contributed by atoms with E-state index in [-0.39, 0.29) is 12.6 Å². The van der Waals surface area contributed by atoms with E-state index < -0.39 is 0 Å². The van der Waals surface area contributed by atoms with Crippen molar-refractivity contribution in [3.8, 4) is 5.75 Å². The molecule has 1 rings (SSSR count). The van der Waals surface area contributed by atoms with Gasteiger partial charge in [-0.2, -0.15) is 0 Å². The summed E-state index contributed by atoms with van der Waals surface area (Å²) in [6.45, 7) is 2.14. The molecule has 1 aromatic rings. The van der Waals surface area contributed by atoms with Crippen molar-refractivity contribution in [2.45, 2.75) is 13.0 Å². The maximum Gasteiger partial charge on any atom is 0.125 e. The van der Waals surface area contributed by atoms with Crippen LogP contribution in [0.25, 0.3) is 0 Å². The van der Waals surface area contributed by atoms with Crippen molar-refractivity contribution in [1.29, 1.82) is 0 Å². The van der Waals surface area contributed by atoms with Gasteiger partial charge in [-0.05, 0) is 25.1 Å². The van der Waals surface area contributed by atoms with Crippen molar-refractivity contribution in [2.75, 3.05) is 6.61 Å². The van der Waals surface area contributed by atoms with Crippen LogP contribution in [-0.2, 0) is 0 Å². The number of hydrogen-bond acceptors (Lipinski definition) is 2. The van der Waals surface area contributed by atoms with Crippen LogP contribution in [0.3, 0.4) is 0 Å². The Bertz CT molecular complexity index is 394. The Morgan fingerprint density at radius 3 is 2.88 bits per heavy atom. The second kappa shape index (κ2) is 6.50. The van der Waals surface area contributed by atoms with E-state index in [0.717, 1.165) is 15.8 Å². The second-order valence-electron chi connectivity index (χ2n) is 3.32. The fraction of sp³-hybridized carbons (Fsp3) is 0.273. The van der Waals surface area contributed by atoms with Gasteiger partial charge in [-0.15, -0.1) is 0 Å². The number of benzene rings is 1. The summed E-state index contributed by atoms with van der Waals surface area (Å²) in [4.78, 5) is 0. The second-order valence-corrected chi connectivity index (χ2v) is 4.93. The molecule has 0 aromatic heterocycles. The van der Waals surface area contributed by atoms with Gasteiger partial charge in [0.15, 0.2) is 0 Å². The minimum atomic E-state index is -0.105. The minimum absolute atomic E-state index is 0.105. The zero-order chi connectivity index (χ0) is 12.1. The molecule has 0 bridgehead atoms. The van der Waals surface area contributed by atoms with Crippen molar-refractivity contribution in [3.05, 3.63) is 38.8 Å². The van der Waals surface area contributed by atoms with Crippen molar-refractivity contribution in [1.82, 2.24) is 0 Å². The Balaban J connectivity index is 2.87. The quantitative estimate of drug-likeness (QED) is 0.902. The molecule has 0 aliphatic heterocycles. The number of ether oxygens (including phenoxy) is 1. The summed E-state index contributed by atoms with van der Waals surface area (Å²) < 4.78 is 6.48. The predicted molar refractivity (Wildman–Crippen MR) is 72.0 cm³/mol. The van der Waals surface area contributed by atoms with E-state index in [2.05, 4.69) is 15.9 Å². The Hall–Kier alpha value is -0.220. The topological polar surface area (TPSA) is 35.2 Å². The third-order valence-corrected chi connectivity index (χ3v) is 3.03. The lowest BCUT2D eigenvalue weighted by molar-refractivity contribution is 0.353. The van der Waals surface area contributed by atoms with Crippen LogP contribution in [0.1, 0.15) is 18.5 Å². The molecule has 0 spiro atoms. The van der Waals surface area contributed by atoms with E-state index in [1.165, 1.54) is 5.54 Å². The lowest BCUT2D eigenvalue weighted by Gasteiger charge is -2.14. The molecule has 0 aliphatic rings. The van der Waals surface area contributed by atoms with E-state index in [9.17, 15) is 0 Å². The van der Waals surface area contributed by atoms with Gasteiger partial charge in [0.1, 0.15) is 12.4 Å². The molecule has 0 unspecified atom stereocenters. The van der Waals surface area contributed by atoms with Crippen LogP contribution >= 0.6 is 39.1 Å². The van der Waals surface area contributed by atoms with Gasteiger partial charge in [0, 0.05) is 21.6 Å². The highest BCUT2D eigenvalue weighted by Gasteiger charge is 2.09. The first-order valence-electron chi connectivity index (χ1n) is 4.67. The lowest BCUT2D eigenvalue weighted by Crippen LogP contribution is -2.08. The van der Waals surface area contributed by atoms with Gasteiger partial charge in [0.2, 0.25) is 0 Å². The first-order chi connectivity index (χ1) is 7.54. The number of halogens is 3. The molecular formula is C11H12BrCl2NO. The van der Waals surface area contributed by atoms with Gasteiger partial charge >= 0.3 is 0 Å². The van der Waals surface area contributed by atoms with Gasteiger partial charge in [0.25, 0.3) is 0 Å². The van der Waals surface area contributed by atoms with Crippen molar-refractivity contribution >= 4 is 39.1 Å². The summed E-state index contributed by atoms with van der Waals surface area (Å²) in [5.74, 6) is 0.717. The molecular weight excluding hydrogens is 313 g/mol. The SMILES string of the molecule is C[C@@H](N)c1cc(Br)ccc1OCC(Cl)=CCl. The molecule has 16 heavy (non-hydrogen) atoms. The van der Waals surface area contributed by atoms with Crippen molar-refractivity contribution in [3.63, 3.8) is 0 Å². The fourth-order valence-corrected chi connectivity index (χ4v) is 1.68. The van der Waals surface area contributed by atoms with Crippen LogP contribution in [0.15, 0.2) is 33.2 Å². The average molecular weight is 325 g/mol. The number of hydrogen-bond donors (Lipinski definition) is 1. The van der Waals surface area contributed by atoms with Crippen LogP contribution in [0.2, 0.25) is 0 Å². The predicted octanol–water partition coefficient (Wildman–Crippen LogP) is 4.17. The molecule has 0 fully saturated rings. The van der Waals surface area contributed by atoms with Gasteiger partial charge < -0.3 is 10.5 Å². The van der Waals surface area contributed by atoms with Gasteiger partial charge in [-0.3, -0.25) is 0 Å². The van der Waals surface area contributed by atoms with Crippen molar-refractivity contribution in [2.24, 2.45) is 5.73 Å². The molecule has 0 aliphatic carbocycles. The van der Waals surface area contributed by atoms with E-state index in [0.29, 0.717) is 5.03 Å². The molecule has 1 atom stereocenters. The minimum Gasteiger partial charge on any atom is -0.488 e. The standard InChI is InChI=1S/C11H12BrCl2NO/c1-7(15)10-4-8(12)2-3-11(10)16-6-9(14)5-13/h2-5,7H,6,15H2,1H3/t7-/m1/s1. The Morgan fingerprint density at radius 1 is 1.62 bits per heavy atom. The van der Waals surface area contributed by atoms with E-state index in [1.54, 1.807) is 0 Å². The van der Waals surface area contributed by atoms with E-state index in [4.69, 9.17) is 33.7 Å². The zero-order valence-electron chi connectivity index (χ0n) is 8.71. The molecule has 2 N–H and O–H groups in total. The first kappa shape index (κ1) is 13.8. The molecule has 5 heteroatoms. The summed E-state index contributed by atoms with van der Waals surface area (Å²) in [5, 5.41) is 0.445. The highest BCUT2D eigenvalue weighted by atomic mass is 79.9. The molecule has 1 aromatic carbocycles. The highest BCUT2D eigenvalue weighted by Crippen LogP contribution is 2.28. The smallest absolute Gasteiger partial charge is 0.125 e. The van der Waals surface area contributed by atoms with Crippen LogP contribution < -0.4 is 10.5 Å². The molecule has 0 radical (unpaired) electrons. The molecule has 0 saturated carbocycles. The van der Waals surface area contributed by atoms with Crippen LogP contribution in [0.5, 0.6) is 5.75 Å². The normalized spacial score (nSPS) is 13.7. The summed E-state index contributed by atoms with van der Waals surface area (Å²) in [6, 6.07) is 5.56. The van der Waals surface area contributed by atoms with Crippen LogP contribution in [-0.4, -0.2) is 6.61 Å². The third kappa shape index (κ3) is 3.98. The summed E-state index contributed by atoms with van der Waals surface area (Å²) in [7, 11) is 0. The van der Waals surface area contributed by atoms with Gasteiger partial charge in [0.05, 0.1) is 5.03 Å². The molecule has 0 saturated heterocycles. The molecule has 2 nitrogen and oxygen atoms in total. The summed E-state index contributed by atoms with van der Waals surface area (Å²) >= 11 is 14.6. The third-order valence-electron chi connectivity index (χ3n) is 1.95. The maximum absolute atomic E-state index is 5.85. The van der Waals surface area contributed by atoms with E-state index >= 15 is 0 Å². The number of nitrogens with two attached hydrogens (primary N) is 1. The fourth-order valence-electron chi connectivity index (χ4n) is 1.18. The first-order valence-corrected chi connectivity index (χ1v) is 6.28. The average Bonchev–Trinajstić information content (AvgIpc) is 2.26. The Morgan fingerprint density at radius 2 is 2.31 bits per heavy atom. The highest BCUT2D eigenvalue weighted by molar-refractivity contribution is 9.10. The number of rotatable bonds is 4. The summed E-state index contributed by atoms with van der Waals surface area (Å²) in [5.41, 5.74) is 8.06. The monoisotopic (exact) mass is 323 g/mol. The lowest BCUT2D eigenvalue weighted by atomic mass is 10.1. The van der Waals surface area contributed by atoms with E-state index in [1.807, 2.05) is 25.1 Å². The Kier molecular flexibility index (Phi) is 5.62. The maximum atomic E-state index is 5.85. The summed E-state index contributed by atoms with van der Waals surface area (Å²) in [6.07, 6.45) is 0. The van der Waals surface area contributed by atoms with Crippen LogP contribution in [0, 0.1) is 0 Å².